The second kappa shape index (κ2) is 8.82. The highest BCUT2D eigenvalue weighted by molar-refractivity contribution is 6.30. The zero-order valence-electron chi connectivity index (χ0n) is 12.2. The summed E-state index contributed by atoms with van der Waals surface area (Å²) in [6.07, 6.45) is 0.470. The van der Waals surface area contributed by atoms with E-state index in [-0.39, 0.29) is 12.0 Å². The Labute approximate surface area is 125 Å². The van der Waals surface area contributed by atoms with Crippen molar-refractivity contribution in [3.63, 3.8) is 0 Å². The van der Waals surface area contributed by atoms with E-state index in [4.69, 9.17) is 21.1 Å². The molecule has 20 heavy (non-hydrogen) atoms. The van der Waals surface area contributed by atoms with Gasteiger partial charge >= 0.3 is 0 Å². The van der Waals surface area contributed by atoms with Crippen molar-refractivity contribution in [2.45, 2.75) is 39.4 Å². The molecule has 1 N–H and O–H groups in total. The van der Waals surface area contributed by atoms with Crippen LogP contribution in [0.5, 0.6) is 5.75 Å². The monoisotopic (exact) mass is 299 g/mol. The molecule has 0 saturated carbocycles. The molecule has 1 rings (SSSR count). The van der Waals surface area contributed by atoms with E-state index >= 15 is 0 Å². The minimum atomic E-state index is -0.540. The predicted octanol–water partition coefficient (Wildman–Crippen LogP) is 3.04. The summed E-state index contributed by atoms with van der Waals surface area (Å²) >= 11 is 5.78. The molecule has 0 spiro atoms. The maximum atomic E-state index is 11.8. The highest BCUT2D eigenvalue weighted by Crippen LogP contribution is 2.16. The summed E-state index contributed by atoms with van der Waals surface area (Å²) in [5.41, 5.74) is 0. The number of nitrogens with one attached hydrogen (secondary N) is 1. The van der Waals surface area contributed by atoms with Gasteiger partial charge in [0.2, 0.25) is 0 Å². The van der Waals surface area contributed by atoms with Crippen molar-refractivity contribution in [1.29, 1.82) is 0 Å². The number of amides is 1. The lowest BCUT2D eigenvalue weighted by Gasteiger charge is -2.15. The molecule has 0 radical (unpaired) electrons. The first kappa shape index (κ1) is 16.8. The molecule has 1 aromatic rings. The lowest BCUT2D eigenvalue weighted by molar-refractivity contribution is -0.127. The molecule has 0 unspecified atom stereocenters. The van der Waals surface area contributed by atoms with Gasteiger partial charge in [-0.05, 0) is 51.5 Å². The minimum absolute atomic E-state index is 0.135. The molecular weight excluding hydrogens is 278 g/mol. The van der Waals surface area contributed by atoms with Gasteiger partial charge in [-0.25, -0.2) is 0 Å². The summed E-state index contributed by atoms with van der Waals surface area (Å²) in [4.78, 5) is 11.8. The SMILES string of the molecule is CC(C)OCCCNC(=O)[C@@H](C)Oc1ccc(Cl)cc1. The number of halogens is 1. The Bertz CT molecular complexity index is 406. The van der Waals surface area contributed by atoms with E-state index in [0.717, 1.165) is 6.42 Å². The number of carbonyl (C=O) groups is 1. The molecule has 5 heteroatoms. The molecule has 0 aliphatic rings. The van der Waals surface area contributed by atoms with Gasteiger partial charge in [0.05, 0.1) is 6.10 Å². The van der Waals surface area contributed by atoms with E-state index in [9.17, 15) is 4.79 Å². The van der Waals surface area contributed by atoms with Gasteiger partial charge in [0.1, 0.15) is 5.75 Å². The number of ether oxygens (including phenoxy) is 2. The van der Waals surface area contributed by atoms with Gasteiger partial charge < -0.3 is 14.8 Å². The zero-order chi connectivity index (χ0) is 15.0. The molecule has 1 aromatic carbocycles. The maximum absolute atomic E-state index is 11.8. The van der Waals surface area contributed by atoms with Crippen LogP contribution in [0.3, 0.4) is 0 Å². The van der Waals surface area contributed by atoms with Crippen molar-refractivity contribution in [3.8, 4) is 5.75 Å². The zero-order valence-corrected chi connectivity index (χ0v) is 12.9. The maximum Gasteiger partial charge on any atom is 0.260 e. The fourth-order valence-electron chi connectivity index (χ4n) is 1.52. The minimum Gasteiger partial charge on any atom is -0.481 e. The fraction of sp³-hybridized carbons (Fsp3) is 0.533. The van der Waals surface area contributed by atoms with E-state index in [1.54, 1.807) is 31.2 Å². The number of benzene rings is 1. The molecule has 0 aliphatic carbocycles. The summed E-state index contributed by atoms with van der Waals surface area (Å²) in [6, 6.07) is 6.93. The summed E-state index contributed by atoms with van der Waals surface area (Å²) in [6.45, 7) is 6.92. The smallest absolute Gasteiger partial charge is 0.260 e. The van der Waals surface area contributed by atoms with Gasteiger partial charge in [-0.15, -0.1) is 0 Å². The van der Waals surface area contributed by atoms with Crippen LogP contribution in [0.15, 0.2) is 24.3 Å². The highest BCUT2D eigenvalue weighted by Gasteiger charge is 2.13. The van der Waals surface area contributed by atoms with E-state index in [1.807, 2.05) is 13.8 Å². The first-order valence-corrected chi connectivity index (χ1v) is 7.18. The molecular formula is C15H22ClNO3. The van der Waals surface area contributed by atoms with Crippen molar-refractivity contribution in [2.24, 2.45) is 0 Å². The third-order valence-electron chi connectivity index (χ3n) is 2.57. The van der Waals surface area contributed by atoms with Gasteiger partial charge in [-0.1, -0.05) is 11.6 Å². The van der Waals surface area contributed by atoms with Crippen molar-refractivity contribution in [1.82, 2.24) is 5.32 Å². The third-order valence-corrected chi connectivity index (χ3v) is 2.82. The Balaban J connectivity index is 2.23. The number of rotatable bonds is 8. The second-order valence-electron chi connectivity index (χ2n) is 4.78. The van der Waals surface area contributed by atoms with Crippen LogP contribution < -0.4 is 10.1 Å². The van der Waals surface area contributed by atoms with Crippen LogP contribution in [0.2, 0.25) is 5.02 Å². The molecule has 0 saturated heterocycles. The summed E-state index contributed by atoms with van der Waals surface area (Å²) < 4.78 is 10.9. The number of carbonyl (C=O) groups excluding carboxylic acids is 1. The van der Waals surface area contributed by atoms with Gasteiger partial charge in [0.15, 0.2) is 6.10 Å². The van der Waals surface area contributed by atoms with Crippen LogP contribution in [0.25, 0.3) is 0 Å². The van der Waals surface area contributed by atoms with E-state index in [1.165, 1.54) is 0 Å². The lowest BCUT2D eigenvalue weighted by atomic mass is 10.3. The molecule has 1 amide bonds. The Morgan fingerprint density at radius 1 is 1.25 bits per heavy atom. The van der Waals surface area contributed by atoms with E-state index in [0.29, 0.717) is 23.9 Å². The second-order valence-corrected chi connectivity index (χ2v) is 5.21. The van der Waals surface area contributed by atoms with Gasteiger partial charge in [-0.3, -0.25) is 4.79 Å². The topological polar surface area (TPSA) is 47.6 Å². The van der Waals surface area contributed by atoms with Crippen molar-refractivity contribution < 1.29 is 14.3 Å². The normalized spacial score (nSPS) is 12.2. The van der Waals surface area contributed by atoms with Crippen LogP contribution in [-0.4, -0.2) is 31.3 Å². The lowest BCUT2D eigenvalue weighted by Crippen LogP contribution is -2.37. The van der Waals surface area contributed by atoms with Crippen LogP contribution >= 0.6 is 11.6 Å². The summed E-state index contributed by atoms with van der Waals surface area (Å²) in [7, 11) is 0. The van der Waals surface area contributed by atoms with Crippen molar-refractivity contribution in [2.75, 3.05) is 13.2 Å². The van der Waals surface area contributed by atoms with Crippen LogP contribution in [-0.2, 0) is 9.53 Å². The molecule has 0 bridgehead atoms. The van der Waals surface area contributed by atoms with Crippen LogP contribution in [0, 0.1) is 0 Å². The highest BCUT2D eigenvalue weighted by atomic mass is 35.5. The predicted molar refractivity (Wildman–Crippen MR) is 80.3 cm³/mol. The summed E-state index contributed by atoms with van der Waals surface area (Å²) in [5, 5.41) is 3.46. The molecule has 0 fully saturated rings. The first-order chi connectivity index (χ1) is 9.49. The first-order valence-electron chi connectivity index (χ1n) is 6.80. The van der Waals surface area contributed by atoms with Crippen LogP contribution in [0.1, 0.15) is 27.2 Å². The molecule has 0 aliphatic heterocycles. The number of hydrogen-bond acceptors (Lipinski definition) is 3. The quantitative estimate of drug-likeness (QED) is 0.751. The largest absolute Gasteiger partial charge is 0.481 e. The molecule has 1 atom stereocenters. The Morgan fingerprint density at radius 3 is 2.50 bits per heavy atom. The van der Waals surface area contributed by atoms with Gasteiger partial charge in [0.25, 0.3) is 5.91 Å². The van der Waals surface area contributed by atoms with Gasteiger partial charge in [0, 0.05) is 18.2 Å². The number of hydrogen-bond donors (Lipinski definition) is 1. The Morgan fingerprint density at radius 2 is 1.90 bits per heavy atom. The molecule has 0 heterocycles. The average molecular weight is 300 g/mol. The van der Waals surface area contributed by atoms with Gasteiger partial charge in [-0.2, -0.15) is 0 Å². The Kier molecular flexibility index (Phi) is 7.41. The van der Waals surface area contributed by atoms with Crippen LogP contribution in [0.4, 0.5) is 0 Å². The van der Waals surface area contributed by atoms with E-state index < -0.39 is 6.10 Å². The Hall–Kier alpha value is -1.26. The molecule has 112 valence electrons. The van der Waals surface area contributed by atoms with Crippen molar-refractivity contribution in [3.05, 3.63) is 29.3 Å². The third kappa shape index (κ3) is 6.78. The summed E-state index contributed by atoms with van der Waals surface area (Å²) in [5.74, 6) is 0.490. The molecule has 0 aromatic heterocycles. The van der Waals surface area contributed by atoms with E-state index in [2.05, 4.69) is 5.32 Å². The average Bonchev–Trinajstić information content (AvgIpc) is 2.40. The fourth-order valence-corrected chi connectivity index (χ4v) is 1.64. The van der Waals surface area contributed by atoms with Crippen molar-refractivity contribution >= 4 is 17.5 Å². The molecule has 4 nitrogen and oxygen atoms in total. The standard InChI is InChI=1S/C15H22ClNO3/c1-11(2)19-10-4-9-17-15(18)12(3)20-14-7-5-13(16)6-8-14/h5-8,11-12H,4,9-10H2,1-3H3,(H,17,18)/t12-/m1/s1.